The lowest BCUT2D eigenvalue weighted by molar-refractivity contribution is -0.126. The maximum Gasteiger partial charge on any atom is 0.258 e. The molecule has 2 aromatic heterocycles. The number of nitrogens with one attached hydrogen (secondary N) is 1. The number of carbonyl (C=O) groups is 2. The SMILES string of the molecule is CC=CC(=O)N1CCCC[C@@H](n2c(NC(=O)c3ccnc(C)c3)nc3cc(CN4CCCC4)cc(C)c32)C1. The van der Waals surface area contributed by atoms with E-state index >= 15 is 0 Å². The summed E-state index contributed by atoms with van der Waals surface area (Å²) in [5.41, 5.74) is 5.64. The van der Waals surface area contributed by atoms with Gasteiger partial charge in [-0.3, -0.25) is 24.8 Å². The molecule has 3 aromatic rings. The third-order valence-electron chi connectivity index (χ3n) is 7.66. The molecule has 0 spiro atoms. The average Bonchev–Trinajstić information content (AvgIpc) is 3.45. The highest BCUT2D eigenvalue weighted by molar-refractivity contribution is 6.04. The van der Waals surface area contributed by atoms with Crippen molar-refractivity contribution in [3.05, 3.63) is 65.0 Å². The summed E-state index contributed by atoms with van der Waals surface area (Å²) in [5, 5.41) is 3.11. The van der Waals surface area contributed by atoms with Crippen molar-refractivity contribution in [3.63, 3.8) is 0 Å². The second-order valence-corrected chi connectivity index (χ2v) is 10.6. The Morgan fingerprint density at radius 3 is 2.63 bits per heavy atom. The largest absolute Gasteiger partial charge is 0.337 e. The Morgan fingerprint density at radius 2 is 1.87 bits per heavy atom. The van der Waals surface area contributed by atoms with Gasteiger partial charge in [0.15, 0.2) is 0 Å². The molecule has 2 aliphatic rings. The lowest BCUT2D eigenvalue weighted by atomic mass is 10.1. The van der Waals surface area contributed by atoms with E-state index in [1.165, 1.54) is 18.4 Å². The molecule has 8 nitrogen and oxygen atoms in total. The molecule has 38 heavy (non-hydrogen) atoms. The van der Waals surface area contributed by atoms with Gasteiger partial charge >= 0.3 is 0 Å². The van der Waals surface area contributed by atoms with Gasteiger partial charge in [-0.1, -0.05) is 12.1 Å². The van der Waals surface area contributed by atoms with Crippen LogP contribution in [0.5, 0.6) is 0 Å². The van der Waals surface area contributed by atoms with Crippen LogP contribution in [0, 0.1) is 13.8 Å². The maximum atomic E-state index is 13.3. The summed E-state index contributed by atoms with van der Waals surface area (Å²) in [4.78, 5) is 39.8. The monoisotopic (exact) mass is 514 g/mol. The minimum absolute atomic E-state index is 0.00862. The van der Waals surface area contributed by atoms with Crippen LogP contribution in [0.25, 0.3) is 11.0 Å². The van der Waals surface area contributed by atoms with Crippen molar-refractivity contribution in [1.82, 2.24) is 24.3 Å². The molecule has 5 rings (SSSR count). The highest BCUT2D eigenvalue weighted by atomic mass is 16.2. The Morgan fingerprint density at radius 1 is 1.08 bits per heavy atom. The summed E-state index contributed by atoms with van der Waals surface area (Å²) >= 11 is 0. The second-order valence-electron chi connectivity index (χ2n) is 10.6. The summed E-state index contributed by atoms with van der Waals surface area (Å²) < 4.78 is 2.18. The maximum absolute atomic E-state index is 13.3. The van der Waals surface area contributed by atoms with Crippen LogP contribution in [0.3, 0.4) is 0 Å². The first-order valence-electron chi connectivity index (χ1n) is 13.8. The normalized spacial score (nSPS) is 18.8. The van der Waals surface area contributed by atoms with E-state index in [1.54, 1.807) is 30.5 Å². The molecule has 0 unspecified atom stereocenters. The number of carbonyl (C=O) groups excluding carboxylic acids is 2. The molecule has 2 amide bonds. The van der Waals surface area contributed by atoms with Gasteiger partial charge in [0.2, 0.25) is 11.9 Å². The van der Waals surface area contributed by atoms with E-state index in [0.29, 0.717) is 18.1 Å². The van der Waals surface area contributed by atoms with Gasteiger partial charge in [-0.25, -0.2) is 4.98 Å². The van der Waals surface area contributed by atoms with Crippen LogP contribution in [-0.2, 0) is 11.3 Å². The molecule has 0 aliphatic carbocycles. The molecule has 1 atom stereocenters. The van der Waals surface area contributed by atoms with Crippen LogP contribution in [0.1, 0.15) is 72.2 Å². The van der Waals surface area contributed by atoms with E-state index in [9.17, 15) is 9.59 Å². The number of benzene rings is 1. The predicted molar refractivity (Wildman–Crippen MR) is 150 cm³/mol. The number of imidazole rings is 1. The number of fused-ring (bicyclic) bond motifs is 1. The molecular weight excluding hydrogens is 476 g/mol. The molecule has 200 valence electrons. The number of rotatable bonds is 6. The summed E-state index contributed by atoms with van der Waals surface area (Å²) in [6.07, 6.45) is 10.5. The van der Waals surface area contributed by atoms with Gasteiger partial charge in [0.05, 0.1) is 17.1 Å². The van der Waals surface area contributed by atoms with E-state index in [0.717, 1.165) is 67.7 Å². The first-order valence-corrected chi connectivity index (χ1v) is 13.8. The quantitative estimate of drug-likeness (QED) is 0.467. The van der Waals surface area contributed by atoms with Gasteiger partial charge < -0.3 is 9.47 Å². The molecule has 8 heteroatoms. The standard InChI is InChI=1S/C30H38N6O2/c1-4-9-27(37)35-15-6-5-10-25(20-35)36-28-21(2)16-23(19-34-13-7-8-14-34)18-26(28)32-30(36)33-29(38)24-11-12-31-22(3)17-24/h4,9,11-12,16-18,25H,5-8,10,13-15,19-20H2,1-3H3,(H,32,33,38)/t25-/m1/s1. The summed E-state index contributed by atoms with van der Waals surface area (Å²) in [7, 11) is 0. The van der Waals surface area contributed by atoms with Crippen LogP contribution in [0.2, 0.25) is 0 Å². The summed E-state index contributed by atoms with van der Waals surface area (Å²) in [6, 6.07) is 7.94. The predicted octanol–water partition coefficient (Wildman–Crippen LogP) is 5.03. The number of amides is 2. The smallest absolute Gasteiger partial charge is 0.258 e. The highest BCUT2D eigenvalue weighted by Gasteiger charge is 2.28. The molecule has 0 radical (unpaired) electrons. The molecular formula is C30H38N6O2. The zero-order valence-electron chi connectivity index (χ0n) is 22.7. The Bertz CT molecular complexity index is 1350. The lowest BCUT2D eigenvalue weighted by Crippen LogP contribution is -2.34. The van der Waals surface area contributed by atoms with Gasteiger partial charge in [0.1, 0.15) is 0 Å². The molecule has 2 saturated heterocycles. The van der Waals surface area contributed by atoms with Crippen LogP contribution in [-0.4, -0.2) is 62.3 Å². The fourth-order valence-electron chi connectivity index (χ4n) is 5.88. The zero-order valence-corrected chi connectivity index (χ0v) is 22.7. The average molecular weight is 515 g/mol. The number of allylic oxidation sites excluding steroid dienone is 1. The van der Waals surface area contributed by atoms with Crippen molar-refractivity contribution in [1.29, 1.82) is 0 Å². The summed E-state index contributed by atoms with van der Waals surface area (Å²) in [5.74, 6) is 0.356. The number of aromatic nitrogens is 3. The number of hydrogen-bond donors (Lipinski definition) is 1. The van der Waals surface area contributed by atoms with Crippen molar-refractivity contribution in [2.75, 3.05) is 31.5 Å². The zero-order chi connectivity index (χ0) is 26.6. The topological polar surface area (TPSA) is 83.4 Å². The van der Waals surface area contributed by atoms with Crippen molar-refractivity contribution < 1.29 is 9.59 Å². The van der Waals surface area contributed by atoms with E-state index in [-0.39, 0.29) is 17.9 Å². The summed E-state index contributed by atoms with van der Waals surface area (Å²) in [6.45, 7) is 10.4. The number of anilines is 1. The van der Waals surface area contributed by atoms with Crippen LogP contribution in [0.15, 0.2) is 42.6 Å². The molecule has 0 bridgehead atoms. The van der Waals surface area contributed by atoms with Crippen molar-refractivity contribution in [2.45, 2.75) is 65.5 Å². The minimum Gasteiger partial charge on any atom is -0.337 e. The van der Waals surface area contributed by atoms with Gasteiger partial charge in [-0.15, -0.1) is 0 Å². The molecule has 0 saturated carbocycles. The van der Waals surface area contributed by atoms with Crippen molar-refractivity contribution in [2.24, 2.45) is 0 Å². The van der Waals surface area contributed by atoms with E-state index in [4.69, 9.17) is 4.98 Å². The Kier molecular flexibility index (Phi) is 7.88. The van der Waals surface area contributed by atoms with Crippen LogP contribution in [0.4, 0.5) is 5.95 Å². The Balaban J connectivity index is 1.55. The van der Waals surface area contributed by atoms with Gasteiger partial charge in [-0.2, -0.15) is 0 Å². The fraction of sp³-hybridized carbons (Fsp3) is 0.467. The molecule has 1 N–H and O–H groups in total. The molecule has 2 fully saturated rings. The number of likely N-dealkylation sites (tertiary alicyclic amines) is 2. The highest BCUT2D eigenvalue weighted by Crippen LogP contribution is 2.33. The minimum atomic E-state index is -0.211. The van der Waals surface area contributed by atoms with Gasteiger partial charge in [-0.05, 0) is 101 Å². The third kappa shape index (κ3) is 5.65. The van der Waals surface area contributed by atoms with Crippen molar-refractivity contribution in [3.8, 4) is 0 Å². The van der Waals surface area contributed by atoms with Gasteiger partial charge in [0.25, 0.3) is 5.91 Å². The van der Waals surface area contributed by atoms with Crippen LogP contribution < -0.4 is 5.32 Å². The van der Waals surface area contributed by atoms with E-state index in [1.807, 2.05) is 18.7 Å². The number of aryl methyl sites for hydroxylation is 2. The van der Waals surface area contributed by atoms with E-state index < -0.39 is 0 Å². The second kappa shape index (κ2) is 11.5. The molecule has 2 aliphatic heterocycles. The fourth-order valence-corrected chi connectivity index (χ4v) is 5.88. The first-order chi connectivity index (χ1) is 18.4. The Hall–Kier alpha value is -3.52. The third-order valence-corrected chi connectivity index (χ3v) is 7.66. The van der Waals surface area contributed by atoms with Crippen molar-refractivity contribution >= 4 is 28.8 Å². The first kappa shape index (κ1) is 26.1. The lowest BCUT2D eigenvalue weighted by Gasteiger charge is -2.26. The van der Waals surface area contributed by atoms with Gasteiger partial charge in [0, 0.05) is 37.1 Å². The number of hydrogen-bond acceptors (Lipinski definition) is 5. The number of nitrogens with zero attached hydrogens (tertiary/aromatic N) is 5. The van der Waals surface area contributed by atoms with Crippen LogP contribution >= 0.6 is 0 Å². The molecule has 4 heterocycles. The molecule has 1 aromatic carbocycles. The number of pyridine rings is 1. The Labute approximate surface area is 224 Å². The van der Waals surface area contributed by atoms with E-state index in [2.05, 4.69) is 38.8 Å².